The molecule has 0 unspecified atom stereocenters. The van der Waals surface area contributed by atoms with Crippen LogP contribution in [0.1, 0.15) is 16.7 Å². The van der Waals surface area contributed by atoms with Gasteiger partial charge >= 0.3 is 153 Å². The maximum atomic E-state index is 14.5. The van der Waals surface area contributed by atoms with Crippen molar-refractivity contribution in [1.82, 2.24) is 0 Å². The Morgan fingerprint density at radius 2 is 0.800 bits per heavy atom. The maximum absolute atomic E-state index is 14.5. The summed E-state index contributed by atoms with van der Waals surface area (Å²) < 4.78 is 28.5. The Hall–Kier alpha value is -1.68. The van der Waals surface area contributed by atoms with E-state index >= 15 is 0 Å². The van der Waals surface area contributed by atoms with Crippen LogP contribution in [0.3, 0.4) is 0 Å². The number of hydrogen-bond acceptors (Lipinski definition) is 0. The summed E-state index contributed by atoms with van der Waals surface area (Å²) >= 11 is -3.85. The molecule has 0 fully saturated rings. The predicted molar refractivity (Wildman–Crippen MR) is 102 cm³/mol. The molecule has 0 aliphatic rings. The van der Waals surface area contributed by atoms with Crippen molar-refractivity contribution in [3.63, 3.8) is 0 Å². The summed E-state index contributed by atoms with van der Waals surface area (Å²) in [5.74, 6) is 0. The van der Waals surface area contributed by atoms with Gasteiger partial charge in [0.1, 0.15) is 0 Å². The Kier molecular flexibility index (Phi) is 6.24. The van der Waals surface area contributed by atoms with Gasteiger partial charge in [-0.3, -0.25) is 0 Å². The summed E-state index contributed by atoms with van der Waals surface area (Å²) in [7, 11) is 0. The van der Waals surface area contributed by atoms with Gasteiger partial charge < -0.3 is 0 Å². The van der Waals surface area contributed by atoms with Crippen molar-refractivity contribution >= 4 is 18.4 Å². The number of hydrogen-bond donors (Lipinski definition) is 0. The van der Waals surface area contributed by atoms with Crippen molar-refractivity contribution in [2.75, 3.05) is 0 Å². The summed E-state index contributed by atoms with van der Waals surface area (Å²) in [6.07, 6.45) is 0. The van der Waals surface area contributed by atoms with E-state index in [4.69, 9.17) is 0 Å². The van der Waals surface area contributed by atoms with E-state index < -0.39 is 22.8 Å². The predicted octanol–water partition coefficient (Wildman–Crippen LogP) is 5.59. The Labute approximate surface area is 152 Å². The SMILES string of the molecule is F[CH](F)[Sn]([CH2]c1ccccc1)([CH2]c1ccccc1)[CH2]c1ccccc1. The topological polar surface area (TPSA) is 0 Å². The van der Waals surface area contributed by atoms with E-state index in [0.29, 0.717) is 13.3 Å². The third kappa shape index (κ3) is 4.91. The molecular formula is C22H22F2Sn. The Morgan fingerprint density at radius 3 is 1.04 bits per heavy atom. The molecule has 0 N–H and O–H groups in total. The van der Waals surface area contributed by atoms with Gasteiger partial charge in [0.05, 0.1) is 0 Å². The first-order valence-electron chi connectivity index (χ1n) is 8.58. The molecule has 0 aliphatic heterocycles. The van der Waals surface area contributed by atoms with E-state index in [2.05, 4.69) is 0 Å². The van der Waals surface area contributed by atoms with Crippen LogP contribution in [-0.2, 0) is 13.3 Å². The molecule has 3 heteroatoms. The van der Waals surface area contributed by atoms with Crippen LogP contribution in [-0.4, -0.2) is 22.8 Å². The Bertz CT molecular complexity index is 656. The second-order valence-electron chi connectivity index (χ2n) is 6.65. The standard InChI is InChI=1S/3C7H7.CHF2.Sn/c3*1-7-5-3-2-4-6-7;2-1-3;/h3*2-6H,1H2;1H;. The molecule has 25 heavy (non-hydrogen) atoms. The molecule has 3 rings (SSSR count). The van der Waals surface area contributed by atoms with Crippen LogP contribution in [0.4, 0.5) is 8.78 Å². The van der Waals surface area contributed by atoms with Gasteiger partial charge in [-0.05, 0) is 0 Å². The molecule has 0 aromatic heterocycles. The van der Waals surface area contributed by atoms with E-state index in [-0.39, 0.29) is 0 Å². The van der Waals surface area contributed by atoms with Crippen molar-refractivity contribution in [1.29, 1.82) is 0 Å². The van der Waals surface area contributed by atoms with Gasteiger partial charge in [-0.2, -0.15) is 0 Å². The Morgan fingerprint density at radius 1 is 0.520 bits per heavy atom. The molecular weight excluding hydrogens is 421 g/mol. The molecule has 0 amide bonds. The average Bonchev–Trinajstić information content (AvgIpc) is 2.64. The van der Waals surface area contributed by atoms with Gasteiger partial charge in [0.2, 0.25) is 0 Å². The molecule has 0 atom stereocenters. The van der Waals surface area contributed by atoms with Crippen LogP contribution in [0, 0.1) is 0 Å². The minimum absolute atomic E-state index is 0.566. The van der Waals surface area contributed by atoms with Crippen molar-refractivity contribution in [2.24, 2.45) is 0 Å². The van der Waals surface area contributed by atoms with E-state index in [1.165, 1.54) is 0 Å². The third-order valence-corrected chi connectivity index (χ3v) is 16.8. The van der Waals surface area contributed by atoms with Crippen LogP contribution in [0.15, 0.2) is 91.0 Å². The number of alkyl halides is 2. The third-order valence-electron chi connectivity index (χ3n) is 4.66. The first-order chi connectivity index (χ1) is 12.2. The minimum atomic E-state index is -3.85. The van der Waals surface area contributed by atoms with Crippen molar-refractivity contribution in [2.45, 2.75) is 17.8 Å². The summed E-state index contributed by atoms with van der Waals surface area (Å²) in [6.45, 7) is 0. The van der Waals surface area contributed by atoms with Gasteiger partial charge in [-0.25, -0.2) is 0 Å². The quantitative estimate of drug-likeness (QED) is 0.418. The molecule has 0 heterocycles. The van der Waals surface area contributed by atoms with Crippen LogP contribution in [0.2, 0.25) is 0 Å². The molecule has 0 spiro atoms. The van der Waals surface area contributed by atoms with Gasteiger partial charge in [0, 0.05) is 0 Å². The van der Waals surface area contributed by atoms with Crippen molar-refractivity contribution in [3.05, 3.63) is 108 Å². The summed E-state index contributed by atoms with van der Waals surface area (Å²) in [5, 5.41) is 0. The molecule has 3 aromatic carbocycles. The molecule has 0 aliphatic carbocycles. The van der Waals surface area contributed by atoms with Gasteiger partial charge in [0.25, 0.3) is 0 Å². The van der Waals surface area contributed by atoms with Crippen molar-refractivity contribution < 1.29 is 8.78 Å². The first kappa shape index (κ1) is 18.1. The summed E-state index contributed by atoms with van der Waals surface area (Å²) in [4.78, 5) is 0. The van der Waals surface area contributed by atoms with E-state index in [9.17, 15) is 8.78 Å². The zero-order chi connectivity index (χ0) is 17.5. The average molecular weight is 443 g/mol. The zero-order valence-corrected chi connectivity index (χ0v) is 17.0. The van der Waals surface area contributed by atoms with Crippen LogP contribution in [0.25, 0.3) is 0 Å². The fourth-order valence-electron chi connectivity index (χ4n) is 3.43. The molecule has 0 bridgehead atoms. The van der Waals surface area contributed by atoms with E-state index in [1.807, 2.05) is 91.0 Å². The van der Waals surface area contributed by atoms with Crippen molar-refractivity contribution in [3.8, 4) is 0 Å². The summed E-state index contributed by atoms with van der Waals surface area (Å²) in [6, 6.07) is 29.4. The fourth-order valence-corrected chi connectivity index (χ4v) is 14.8. The molecule has 128 valence electrons. The van der Waals surface area contributed by atoms with E-state index in [0.717, 1.165) is 16.7 Å². The monoisotopic (exact) mass is 444 g/mol. The number of benzene rings is 3. The zero-order valence-electron chi connectivity index (χ0n) is 14.1. The number of halogens is 2. The molecule has 3 aromatic rings. The normalized spacial score (nSPS) is 11.6. The second-order valence-corrected chi connectivity index (χ2v) is 18.7. The molecule has 0 saturated carbocycles. The fraction of sp³-hybridized carbons (Fsp3) is 0.182. The molecule has 0 nitrogen and oxygen atoms in total. The number of rotatable bonds is 7. The van der Waals surface area contributed by atoms with Crippen LogP contribution < -0.4 is 0 Å². The van der Waals surface area contributed by atoms with Crippen LogP contribution in [0.5, 0.6) is 0 Å². The molecule has 0 saturated heterocycles. The van der Waals surface area contributed by atoms with Gasteiger partial charge in [-0.1, -0.05) is 0 Å². The first-order valence-corrected chi connectivity index (χ1v) is 16.3. The van der Waals surface area contributed by atoms with E-state index in [1.54, 1.807) is 0 Å². The van der Waals surface area contributed by atoms with Gasteiger partial charge in [-0.15, -0.1) is 0 Å². The summed E-state index contributed by atoms with van der Waals surface area (Å²) in [5.41, 5.74) is 3.14. The van der Waals surface area contributed by atoms with Crippen LogP contribution >= 0.6 is 0 Å². The molecule has 0 radical (unpaired) electrons. The second kappa shape index (κ2) is 8.61. The van der Waals surface area contributed by atoms with Gasteiger partial charge in [0.15, 0.2) is 0 Å². The Balaban J connectivity index is 1.97.